The number of hydrogen-bond donors (Lipinski definition) is 1. The number of aldehydes is 1. The zero-order valence-electron chi connectivity index (χ0n) is 8.77. The predicted molar refractivity (Wildman–Crippen MR) is 55.1 cm³/mol. The molecule has 0 aliphatic carbocycles. The summed E-state index contributed by atoms with van der Waals surface area (Å²) in [7, 11) is 0. The first-order valence-electron chi connectivity index (χ1n) is 4.59. The van der Waals surface area contributed by atoms with Gasteiger partial charge in [0.2, 0.25) is 0 Å². The molecule has 0 spiro atoms. The summed E-state index contributed by atoms with van der Waals surface area (Å²) < 4.78 is 41.5. The first kappa shape index (κ1) is 13.8. The monoisotopic (exact) mass is 260 g/mol. The van der Waals surface area contributed by atoms with Crippen molar-refractivity contribution < 1.29 is 32.6 Å². The fourth-order valence-electron chi connectivity index (χ4n) is 1.19. The topological polar surface area (TPSA) is 63.6 Å². The zero-order valence-corrected chi connectivity index (χ0v) is 8.77. The van der Waals surface area contributed by atoms with Gasteiger partial charge in [-0.3, -0.25) is 4.79 Å². The van der Waals surface area contributed by atoms with Gasteiger partial charge >= 0.3 is 12.6 Å². The summed E-state index contributed by atoms with van der Waals surface area (Å²) in [6, 6.07) is 1.99. The summed E-state index contributed by atoms with van der Waals surface area (Å²) >= 11 is 0. The molecule has 1 rings (SSSR count). The SMILES string of the molecule is O=Cc1c(OC(F)F)ccc(/C=C/C(=O)O)c1F. The van der Waals surface area contributed by atoms with Crippen molar-refractivity contribution in [1.29, 1.82) is 0 Å². The van der Waals surface area contributed by atoms with Crippen LogP contribution < -0.4 is 4.74 Å². The number of hydrogen-bond acceptors (Lipinski definition) is 3. The molecule has 96 valence electrons. The lowest BCUT2D eigenvalue weighted by Crippen LogP contribution is -2.06. The van der Waals surface area contributed by atoms with Crippen LogP contribution in [0.1, 0.15) is 15.9 Å². The first-order chi connectivity index (χ1) is 8.45. The van der Waals surface area contributed by atoms with E-state index in [0.29, 0.717) is 6.08 Å². The Kier molecular flexibility index (Phi) is 4.47. The maximum absolute atomic E-state index is 13.6. The fraction of sp³-hybridized carbons (Fsp3) is 0.0909. The normalized spacial score (nSPS) is 10.9. The number of carbonyl (C=O) groups is 2. The van der Waals surface area contributed by atoms with Gasteiger partial charge in [0.1, 0.15) is 11.6 Å². The Labute approximate surface area is 99.3 Å². The fourth-order valence-corrected chi connectivity index (χ4v) is 1.19. The van der Waals surface area contributed by atoms with Gasteiger partial charge in [-0.1, -0.05) is 0 Å². The third-order valence-electron chi connectivity index (χ3n) is 1.91. The minimum absolute atomic E-state index is 0.0190. The summed E-state index contributed by atoms with van der Waals surface area (Å²) in [5.41, 5.74) is -0.913. The highest BCUT2D eigenvalue weighted by Gasteiger charge is 2.15. The van der Waals surface area contributed by atoms with E-state index in [-0.39, 0.29) is 11.8 Å². The number of ether oxygens (including phenoxy) is 1. The Morgan fingerprint density at radius 3 is 2.56 bits per heavy atom. The van der Waals surface area contributed by atoms with Gasteiger partial charge in [0.15, 0.2) is 6.29 Å². The number of alkyl halides is 2. The largest absolute Gasteiger partial charge is 0.478 e. The molecule has 0 aromatic heterocycles. The second-order valence-corrected chi connectivity index (χ2v) is 3.05. The molecular weight excluding hydrogens is 253 g/mol. The Balaban J connectivity index is 3.19. The molecule has 7 heteroatoms. The van der Waals surface area contributed by atoms with E-state index in [0.717, 1.165) is 18.2 Å². The van der Waals surface area contributed by atoms with Crippen molar-refractivity contribution >= 4 is 18.3 Å². The van der Waals surface area contributed by atoms with Crippen LogP contribution in [0.3, 0.4) is 0 Å². The number of halogens is 3. The Morgan fingerprint density at radius 2 is 2.06 bits per heavy atom. The van der Waals surface area contributed by atoms with Crippen molar-refractivity contribution in [2.24, 2.45) is 0 Å². The lowest BCUT2D eigenvalue weighted by Gasteiger charge is -2.08. The maximum atomic E-state index is 13.6. The summed E-state index contributed by atoms with van der Waals surface area (Å²) in [5, 5.41) is 8.36. The van der Waals surface area contributed by atoms with E-state index in [1.807, 2.05) is 0 Å². The second-order valence-electron chi connectivity index (χ2n) is 3.05. The van der Waals surface area contributed by atoms with Crippen LogP contribution in [0, 0.1) is 5.82 Å². The van der Waals surface area contributed by atoms with Gasteiger partial charge in [-0.15, -0.1) is 0 Å². The predicted octanol–water partition coefficient (Wildman–Crippen LogP) is 2.34. The molecule has 0 aliphatic rings. The van der Waals surface area contributed by atoms with Crippen LogP contribution in [0.2, 0.25) is 0 Å². The van der Waals surface area contributed by atoms with Crippen molar-refractivity contribution in [3.63, 3.8) is 0 Å². The van der Waals surface area contributed by atoms with Crippen molar-refractivity contribution in [1.82, 2.24) is 0 Å². The molecule has 1 aromatic carbocycles. The number of carbonyl (C=O) groups excluding carboxylic acids is 1. The van der Waals surface area contributed by atoms with Gasteiger partial charge in [0, 0.05) is 11.6 Å². The molecule has 1 N–H and O–H groups in total. The van der Waals surface area contributed by atoms with Crippen molar-refractivity contribution in [2.75, 3.05) is 0 Å². The Bertz CT molecular complexity index is 497. The van der Waals surface area contributed by atoms with Crippen molar-refractivity contribution in [3.05, 3.63) is 35.2 Å². The van der Waals surface area contributed by atoms with Gasteiger partial charge in [0.25, 0.3) is 0 Å². The molecule has 0 unspecified atom stereocenters. The molecule has 0 atom stereocenters. The number of carboxylic acid groups (broad SMARTS) is 1. The van der Waals surface area contributed by atoms with Gasteiger partial charge < -0.3 is 9.84 Å². The minimum atomic E-state index is -3.19. The standard InChI is InChI=1S/C11H7F3O4/c12-10-6(2-4-9(16)17)1-3-8(7(10)5-15)18-11(13)14/h1-5,11H,(H,16,17)/b4-2+. The van der Waals surface area contributed by atoms with Crippen LogP contribution in [-0.4, -0.2) is 24.0 Å². The number of benzene rings is 1. The molecule has 0 radical (unpaired) electrons. The third kappa shape index (κ3) is 3.34. The molecule has 18 heavy (non-hydrogen) atoms. The van der Waals surface area contributed by atoms with Crippen molar-refractivity contribution in [3.8, 4) is 5.75 Å². The van der Waals surface area contributed by atoms with Crippen LogP contribution in [0.5, 0.6) is 5.75 Å². The number of carboxylic acids is 1. The quantitative estimate of drug-likeness (QED) is 0.652. The van der Waals surface area contributed by atoms with E-state index in [9.17, 15) is 22.8 Å². The highest BCUT2D eigenvalue weighted by atomic mass is 19.3. The molecule has 0 amide bonds. The van der Waals surface area contributed by atoms with Gasteiger partial charge in [-0.2, -0.15) is 8.78 Å². The lowest BCUT2D eigenvalue weighted by molar-refractivity contribution is -0.131. The smallest absolute Gasteiger partial charge is 0.387 e. The summed E-state index contributed by atoms with van der Waals surface area (Å²) in [6.45, 7) is -3.19. The van der Waals surface area contributed by atoms with E-state index >= 15 is 0 Å². The molecule has 0 heterocycles. The van der Waals surface area contributed by atoms with Gasteiger partial charge in [0.05, 0.1) is 5.56 Å². The van der Waals surface area contributed by atoms with E-state index in [1.54, 1.807) is 0 Å². The van der Waals surface area contributed by atoms with Crippen molar-refractivity contribution in [2.45, 2.75) is 6.61 Å². The molecule has 0 aliphatic heterocycles. The van der Waals surface area contributed by atoms with E-state index < -0.39 is 29.7 Å². The summed E-state index contributed by atoms with van der Waals surface area (Å²) in [4.78, 5) is 20.9. The average Bonchev–Trinajstić information content (AvgIpc) is 2.27. The third-order valence-corrected chi connectivity index (χ3v) is 1.91. The second kappa shape index (κ2) is 5.85. The van der Waals surface area contributed by atoms with Gasteiger partial charge in [-0.25, -0.2) is 9.18 Å². The highest BCUT2D eigenvalue weighted by Crippen LogP contribution is 2.25. The average molecular weight is 260 g/mol. The Hall–Kier alpha value is -2.31. The number of rotatable bonds is 5. The lowest BCUT2D eigenvalue weighted by atomic mass is 10.1. The van der Waals surface area contributed by atoms with E-state index in [2.05, 4.69) is 4.74 Å². The molecule has 0 bridgehead atoms. The van der Waals surface area contributed by atoms with E-state index in [4.69, 9.17) is 5.11 Å². The Morgan fingerprint density at radius 1 is 1.39 bits per heavy atom. The molecule has 1 aromatic rings. The first-order valence-corrected chi connectivity index (χ1v) is 4.59. The van der Waals surface area contributed by atoms with Crippen LogP contribution >= 0.6 is 0 Å². The van der Waals surface area contributed by atoms with Crippen LogP contribution in [0.25, 0.3) is 6.08 Å². The van der Waals surface area contributed by atoms with Crippen LogP contribution in [0.15, 0.2) is 18.2 Å². The molecule has 0 fully saturated rings. The van der Waals surface area contributed by atoms with Gasteiger partial charge in [-0.05, 0) is 18.2 Å². The molecule has 0 saturated carbocycles. The van der Waals surface area contributed by atoms with Crippen LogP contribution in [0.4, 0.5) is 13.2 Å². The highest BCUT2D eigenvalue weighted by molar-refractivity contribution is 5.87. The minimum Gasteiger partial charge on any atom is -0.478 e. The zero-order chi connectivity index (χ0) is 13.7. The molecule has 4 nitrogen and oxygen atoms in total. The van der Waals surface area contributed by atoms with E-state index in [1.165, 1.54) is 0 Å². The maximum Gasteiger partial charge on any atom is 0.387 e. The molecule has 0 saturated heterocycles. The summed E-state index contributed by atoms with van der Waals surface area (Å²) in [5.74, 6) is -3.04. The van der Waals surface area contributed by atoms with Crippen LogP contribution in [-0.2, 0) is 4.79 Å². The number of aliphatic carboxylic acids is 1. The molecular formula is C11H7F3O4. The summed E-state index contributed by atoms with van der Waals surface area (Å²) in [6.07, 6.45) is 1.57.